The first kappa shape index (κ1) is 21.3. The molecule has 1 atom stereocenters. The Balaban J connectivity index is 2.08. The molecule has 0 bridgehead atoms. The van der Waals surface area contributed by atoms with Gasteiger partial charge in [0, 0.05) is 12.8 Å². The van der Waals surface area contributed by atoms with Gasteiger partial charge in [0.15, 0.2) is 0 Å². The second-order valence-corrected chi connectivity index (χ2v) is 17.0. The molecule has 1 aliphatic carbocycles. The Kier molecular flexibility index (Phi) is 5.00. The van der Waals surface area contributed by atoms with Gasteiger partial charge in [-0.3, -0.25) is 0 Å². The van der Waals surface area contributed by atoms with E-state index in [4.69, 9.17) is 0 Å². The maximum atomic E-state index is 11.8. The Morgan fingerprint density at radius 2 is 1.25 bits per heavy atom. The zero-order valence-electron chi connectivity index (χ0n) is 19.3. The SMILES string of the molecule is CC(C)(C)c1cc(C(C)(C)C)cc(C2(O)Cc3ccc([Si](C)(C)C)cc3C2)c1. The number of aliphatic hydroxyl groups is 1. The van der Waals surface area contributed by atoms with E-state index in [-0.39, 0.29) is 10.8 Å². The van der Waals surface area contributed by atoms with Crippen molar-refractivity contribution in [3.05, 3.63) is 64.2 Å². The number of fused-ring (bicyclic) bond motifs is 1. The van der Waals surface area contributed by atoms with E-state index >= 15 is 0 Å². The summed E-state index contributed by atoms with van der Waals surface area (Å²) in [4.78, 5) is 0. The summed E-state index contributed by atoms with van der Waals surface area (Å²) in [5.41, 5.74) is 5.65. The van der Waals surface area contributed by atoms with Gasteiger partial charge in [0.05, 0.1) is 13.7 Å². The molecule has 0 heterocycles. The van der Waals surface area contributed by atoms with Crippen molar-refractivity contribution in [1.29, 1.82) is 0 Å². The van der Waals surface area contributed by atoms with Crippen LogP contribution in [0.3, 0.4) is 0 Å². The molecule has 0 saturated carbocycles. The van der Waals surface area contributed by atoms with E-state index in [9.17, 15) is 5.11 Å². The average molecular weight is 395 g/mol. The zero-order chi connectivity index (χ0) is 21.1. The lowest BCUT2D eigenvalue weighted by Gasteiger charge is -2.30. The summed E-state index contributed by atoms with van der Waals surface area (Å²) in [6, 6.07) is 13.8. The second kappa shape index (κ2) is 6.57. The van der Waals surface area contributed by atoms with Gasteiger partial charge in [0.25, 0.3) is 0 Å². The number of rotatable bonds is 2. The topological polar surface area (TPSA) is 20.2 Å². The lowest BCUT2D eigenvalue weighted by atomic mass is 9.77. The van der Waals surface area contributed by atoms with E-state index in [1.54, 1.807) is 0 Å². The molecule has 0 amide bonds. The first-order valence-corrected chi connectivity index (χ1v) is 14.1. The van der Waals surface area contributed by atoms with E-state index < -0.39 is 13.7 Å². The average Bonchev–Trinajstić information content (AvgIpc) is 2.88. The molecule has 1 unspecified atom stereocenters. The molecule has 2 heteroatoms. The molecule has 1 N–H and O–H groups in total. The van der Waals surface area contributed by atoms with Crippen molar-refractivity contribution >= 4 is 13.3 Å². The molecule has 0 radical (unpaired) electrons. The third-order valence-corrected chi connectivity index (χ3v) is 8.28. The highest BCUT2D eigenvalue weighted by atomic mass is 28.3. The lowest BCUT2D eigenvalue weighted by Crippen LogP contribution is -2.37. The van der Waals surface area contributed by atoms with Crippen molar-refractivity contribution < 1.29 is 5.11 Å². The lowest BCUT2D eigenvalue weighted by molar-refractivity contribution is 0.0479. The molecule has 0 spiro atoms. The Labute approximate surface area is 173 Å². The minimum atomic E-state index is -1.35. The van der Waals surface area contributed by atoms with Crippen LogP contribution in [0.25, 0.3) is 0 Å². The summed E-state index contributed by atoms with van der Waals surface area (Å²) in [5, 5.41) is 13.3. The highest BCUT2D eigenvalue weighted by molar-refractivity contribution is 6.88. The van der Waals surface area contributed by atoms with E-state index in [0.29, 0.717) is 6.42 Å². The molecule has 1 aliphatic rings. The zero-order valence-corrected chi connectivity index (χ0v) is 20.3. The van der Waals surface area contributed by atoms with Crippen LogP contribution in [0, 0.1) is 0 Å². The summed E-state index contributed by atoms with van der Waals surface area (Å²) >= 11 is 0. The van der Waals surface area contributed by atoms with Crippen molar-refractivity contribution in [2.75, 3.05) is 0 Å². The fourth-order valence-electron chi connectivity index (χ4n) is 4.09. The Morgan fingerprint density at radius 1 is 0.750 bits per heavy atom. The summed E-state index contributed by atoms with van der Waals surface area (Å²) in [6.45, 7) is 20.7. The van der Waals surface area contributed by atoms with Crippen LogP contribution in [0.5, 0.6) is 0 Å². The van der Waals surface area contributed by atoms with Crippen molar-refractivity contribution in [3.63, 3.8) is 0 Å². The smallest absolute Gasteiger partial charge is 0.0977 e. The molecule has 1 nitrogen and oxygen atoms in total. The van der Waals surface area contributed by atoms with Crippen LogP contribution in [0.4, 0.5) is 0 Å². The second-order valence-electron chi connectivity index (χ2n) is 11.9. The van der Waals surface area contributed by atoms with Gasteiger partial charge in [0.2, 0.25) is 0 Å². The summed E-state index contributed by atoms with van der Waals surface area (Å²) < 4.78 is 0. The predicted molar refractivity (Wildman–Crippen MR) is 125 cm³/mol. The quantitative estimate of drug-likeness (QED) is 0.637. The Hall–Kier alpha value is -1.38. The largest absolute Gasteiger partial charge is 0.384 e. The minimum Gasteiger partial charge on any atom is -0.384 e. The van der Waals surface area contributed by atoms with Crippen molar-refractivity contribution in [3.8, 4) is 0 Å². The third-order valence-electron chi connectivity index (χ3n) is 6.24. The molecule has 0 fully saturated rings. The molecular formula is C26H38OSi. The van der Waals surface area contributed by atoms with E-state index in [1.165, 1.54) is 27.4 Å². The molecule has 3 rings (SSSR count). The monoisotopic (exact) mass is 394 g/mol. The fourth-order valence-corrected chi connectivity index (χ4v) is 5.28. The van der Waals surface area contributed by atoms with Crippen LogP contribution < -0.4 is 5.19 Å². The van der Waals surface area contributed by atoms with E-state index in [2.05, 4.69) is 97.6 Å². The maximum Gasteiger partial charge on any atom is 0.0977 e. The van der Waals surface area contributed by atoms with Gasteiger partial charge in [-0.15, -0.1) is 0 Å². The van der Waals surface area contributed by atoms with Gasteiger partial charge in [0.1, 0.15) is 0 Å². The van der Waals surface area contributed by atoms with Crippen molar-refractivity contribution in [2.45, 2.75) is 90.5 Å². The summed E-state index contributed by atoms with van der Waals surface area (Å²) in [7, 11) is -1.35. The van der Waals surface area contributed by atoms with Gasteiger partial charge in [-0.25, -0.2) is 0 Å². The molecule has 152 valence electrons. The van der Waals surface area contributed by atoms with Crippen LogP contribution in [-0.2, 0) is 29.3 Å². The van der Waals surface area contributed by atoms with Crippen molar-refractivity contribution in [1.82, 2.24) is 0 Å². The standard InChI is InChI=1S/C26H38OSi/c1-24(2,3)20-13-21(25(4,5)6)15-22(14-20)26(27)16-18-10-11-23(28(7,8)9)12-19(18)17-26/h10-15,27H,16-17H2,1-9H3. The number of benzene rings is 2. The van der Waals surface area contributed by atoms with Crippen LogP contribution in [0.2, 0.25) is 19.6 Å². The van der Waals surface area contributed by atoms with Crippen molar-refractivity contribution in [2.24, 2.45) is 0 Å². The van der Waals surface area contributed by atoms with Crippen LogP contribution in [0.1, 0.15) is 69.4 Å². The van der Waals surface area contributed by atoms with Gasteiger partial charge >= 0.3 is 0 Å². The van der Waals surface area contributed by atoms with Crippen LogP contribution in [-0.4, -0.2) is 13.2 Å². The summed E-state index contributed by atoms with van der Waals surface area (Å²) in [6.07, 6.45) is 1.43. The molecule has 2 aromatic carbocycles. The van der Waals surface area contributed by atoms with Gasteiger partial charge < -0.3 is 5.11 Å². The van der Waals surface area contributed by atoms with E-state index in [1.807, 2.05) is 0 Å². The highest BCUT2D eigenvalue weighted by Gasteiger charge is 2.38. The van der Waals surface area contributed by atoms with Gasteiger partial charge in [-0.05, 0) is 38.6 Å². The first-order valence-electron chi connectivity index (χ1n) is 10.6. The molecule has 0 aromatic heterocycles. The molecular weight excluding hydrogens is 356 g/mol. The van der Waals surface area contributed by atoms with Crippen LogP contribution in [0.15, 0.2) is 36.4 Å². The molecule has 0 aliphatic heterocycles. The molecule has 2 aromatic rings. The summed E-state index contributed by atoms with van der Waals surface area (Å²) in [5.74, 6) is 0. The number of hydrogen-bond acceptors (Lipinski definition) is 1. The van der Waals surface area contributed by atoms with Gasteiger partial charge in [-0.2, -0.15) is 0 Å². The third kappa shape index (κ3) is 4.14. The Morgan fingerprint density at radius 3 is 1.71 bits per heavy atom. The van der Waals surface area contributed by atoms with E-state index in [0.717, 1.165) is 12.0 Å². The number of hydrogen-bond donors (Lipinski definition) is 1. The predicted octanol–water partition coefficient (Wildman–Crippen LogP) is 5.81. The van der Waals surface area contributed by atoms with Crippen LogP contribution >= 0.6 is 0 Å². The Bertz CT molecular complexity index is 858. The maximum absolute atomic E-state index is 11.8. The fraction of sp³-hybridized carbons (Fsp3) is 0.538. The highest BCUT2D eigenvalue weighted by Crippen LogP contribution is 2.41. The normalized spacial score (nSPS) is 20.4. The first-order chi connectivity index (χ1) is 12.6. The minimum absolute atomic E-state index is 0.0584. The molecule has 28 heavy (non-hydrogen) atoms. The van der Waals surface area contributed by atoms with Gasteiger partial charge in [-0.1, -0.05) is 103 Å². The molecule has 0 saturated heterocycles.